The van der Waals surface area contributed by atoms with Crippen LogP contribution in [0, 0.1) is 11.8 Å². The Morgan fingerprint density at radius 3 is 2.66 bits per heavy atom. The van der Waals surface area contributed by atoms with Crippen molar-refractivity contribution >= 4 is 5.78 Å². The van der Waals surface area contributed by atoms with Gasteiger partial charge in [0.15, 0.2) is 5.78 Å². The number of ether oxygens (including phenoxy) is 2. The highest BCUT2D eigenvalue weighted by molar-refractivity contribution is 6.13. The third-order valence-corrected chi connectivity index (χ3v) is 6.82. The lowest BCUT2D eigenvalue weighted by atomic mass is 9.85. The van der Waals surface area contributed by atoms with E-state index < -0.39 is 24.4 Å². The number of hydrogen-bond donors (Lipinski definition) is 3. The molecule has 3 N–H and O–H groups in total. The van der Waals surface area contributed by atoms with Gasteiger partial charge in [-0.2, -0.15) is 0 Å². The molecule has 3 heterocycles. The molecule has 2 aliphatic heterocycles. The van der Waals surface area contributed by atoms with E-state index in [2.05, 4.69) is 0 Å². The normalized spacial score (nSPS) is 37.9. The summed E-state index contributed by atoms with van der Waals surface area (Å²) < 4.78 is 16.6. The van der Waals surface area contributed by atoms with Crippen molar-refractivity contribution in [1.29, 1.82) is 0 Å². The van der Waals surface area contributed by atoms with Crippen LogP contribution in [-0.2, 0) is 15.9 Å². The van der Waals surface area contributed by atoms with Gasteiger partial charge in [-0.15, -0.1) is 0 Å². The molecule has 0 radical (unpaired) electrons. The van der Waals surface area contributed by atoms with Crippen molar-refractivity contribution < 1.29 is 34.0 Å². The van der Waals surface area contributed by atoms with E-state index in [4.69, 9.17) is 13.9 Å². The van der Waals surface area contributed by atoms with E-state index in [0.717, 1.165) is 16.7 Å². The van der Waals surface area contributed by atoms with Crippen molar-refractivity contribution in [2.45, 2.75) is 76.7 Å². The second-order valence-corrected chi connectivity index (χ2v) is 8.87. The van der Waals surface area contributed by atoms with E-state index in [0.29, 0.717) is 31.4 Å². The Labute approximate surface area is 170 Å². The summed E-state index contributed by atoms with van der Waals surface area (Å²) in [5.74, 6) is -0.211. The Kier molecular flexibility index (Phi) is 5.70. The molecule has 160 valence electrons. The largest absolute Gasteiger partial charge is 0.472 e. The summed E-state index contributed by atoms with van der Waals surface area (Å²) in [4.78, 5) is 12.5. The molecular weight excluding hydrogens is 376 g/mol. The molecule has 8 atom stereocenters. The number of aliphatic hydroxyl groups is 3. The van der Waals surface area contributed by atoms with Gasteiger partial charge in [0.05, 0.1) is 49.0 Å². The number of carbonyl (C=O) groups excluding carboxylic acids is 1. The summed E-state index contributed by atoms with van der Waals surface area (Å²) in [7, 11) is 0. The third-order valence-electron chi connectivity index (χ3n) is 6.82. The highest BCUT2D eigenvalue weighted by atomic mass is 16.6. The molecule has 0 aromatic carbocycles. The lowest BCUT2D eigenvalue weighted by Crippen LogP contribution is -2.50. The predicted molar refractivity (Wildman–Crippen MR) is 103 cm³/mol. The minimum absolute atomic E-state index is 0.00976. The van der Waals surface area contributed by atoms with Crippen molar-refractivity contribution in [2.75, 3.05) is 6.61 Å². The topological polar surface area (TPSA) is 113 Å². The van der Waals surface area contributed by atoms with Gasteiger partial charge in [-0.3, -0.25) is 4.79 Å². The summed E-state index contributed by atoms with van der Waals surface area (Å²) in [6.07, 6.45) is 1.65. The highest BCUT2D eigenvalue weighted by Gasteiger charge is 2.48. The van der Waals surface area contributed by atoms with Crippen molar-refractivity contribution in [3.63, 3.8) is 0 Å². The first-order valence-electron chi connectivity index (χ1n) is 10.4. The van der Waals surface area contributed by atoms with Gasteiger partial charge < -0.3 is 29.2 Å². The summed E-state index contributed by atoms with van der Waals surface area (Å²) >= 11 is 0. The Bertz CT molecular complexity index is 795. The summed E-state index contributed by atoms with van der Waals surface area (Å²) in [6, 6.07) is 0. The summed E-state index contributed by atoms with van der Waals surface area (Å²) in [6.45, 7) is 5.90. The lowest BCUT2D eigenvalue weighted by Gasteiger charge is -2.38. The Morgan fingerprint density at radius 2 is 1.97 bits per heavy atom. The molecule has 0 spiro atoms. The van der Waals surface area contributed by atoms with Gasteiger partial charge in [-0.25, -0.2) is 0 Å². The zero-order chi connectivity index (χ0) is 20.9. The molecule has 1 aliphatic carbocycles. The number of fused-ring (bicyclic) bond motifs is 1. The predicted octanol–water partition coefficient (Wildman–Crippen LogP) is 1.64. The average molecular weight is 406 g/mol. The summed E-state index contributed by atoms with van der Waals surface area (Å²) in [5.41, 5.74) is 3.09. The Hall–Kier alpha value is -1.51. The Balaban J connectivity index is 1.34. The first-order valence-corrected chi connectivity index (χ1v) is 10.4. The van der Waals surface area contributed by atoms with E-state index in [9.17, 15) is 20.1 Å². The molecule has 2 saturated heterocycles. The van der Waals surface area contributed by atoms with Gasteiger partial charge >= 0.3 is 0 Å². The standard InChI is InChI=1S/C22H30O7/c1-10(15-5-13-7-27-9-16(13)20(15)25)4-17-21(26)19(24)14(8-28-17)6-18-22(29-18)11(2)12(3)23/h7,9,11-12,14,17-19,21-24,26H,4-6,8H2,1-3H3/b15-10+/t11-,12-,14-,17-,18-,19+,21-,22-/m0/s1. The van der Waals surface area contributed by atoms with Crippen LogP contribution in [0.5, 0.6) is 0 Å². The van der Waals surface area contributed by atoms with Crippen LogP contribution in [0.25, 0.3) is 0 Å². The number of allylic oxidation sites excluding steroid dienone is 1. The zero-order valence-corrected chi connectivity index (χ0v) is 17.1. The summed E-state index contributed by atoms with van der Waals surface area (Å²) in [5, 5.41) is 30.9. The number of Topliss-reactive ketones (excluding diaryl/α,β-unsaturated/α-hetero) is 1. The minimum atomic E-state index is -1.02. The van der Waals surface area contributed by atoms with Crippen LogP contribution in [-0.4, -0.2) is 64.3 Å². The third kappa shape index (κ3) is 3.94. The Morgan fingerprint density at radius 1 is 1.21 bits per heavy atom. The number of aliphatic hydroxyl groups excluding tert-OH is 3. The maximum atomic E-state index is 12.5. The van der Waals surface area contributed by atoms with E-state index >= 15 is 0 Å². The average Bonchev–Trinajstić information content (AvgIpc) is 3.15. The van der Waals surface area contributed by atoms with E-state index in [-0.39, 0.29) is 29.8 Å². The van der Waals surface area contributed by atoms with E-state index in [1.807, 2.05) is 13.8 Å². The highest BCUT2D eigenvalue weighted by Crippen LogP contribution is 2.39. The molecule has 2 fully saturated rings. The van der Waals surface area contributed by atoms with Crippen molar-refractivity contribution in [3.8, 4) is 0 Å². The van der Waals surface area contributed by atoms with Crippen LogP contribution in [0.3, 0.4) is 0 Å². The van der Waals surface area contributed by atoms with Crippen molar-refractivity contribution in [1.82, 2.24) is 0 Å². The molecule has 4 rings (SSSR count). The minimum Gasteiger partial charge on any atom is -0.472 e. The van der Waals surface area contributed by atoms with Gasteiger partial charge in [-0.1, -0.05) is 12.5 Å². The van der Waals surface area contributed by atoms with Gasteiger partial charge in [0, 0.05) is 29.4 Å². The molecule has 1 aromatic heterocycles. The fraction of sp³-hybridized carbons (Fsp3) is 0.682. The van der Waals surface area contributed by atoms with E-state index in [1.54, 1.807) is 13.2 Å². The van der Waals surface area contributed by atoms with Crippen LogP contribution >= 0.6 is 0 Å². The molecule has 0 bridgehead atoms. The first kappa shape index (κ1) is 20.8. The molecule has 7 heteroatoms. The maximum Gasteiger partial charge on any atom is 0.192 e. The van der Waals surface area contributed by atoms with Crippen molar-refractivity contribution in [2.24, 2.45) is 11.8 Å². The monoisotopic (exact) mass is 406 g/mol. The second-order valence-electron chi connectivity index (χ2n) is 8.87. The second kappa shape index (κ2) is 7.96. The SMILES string of the molecule is C/C(C[C@@H]1OC[C@H](C[C@@H]2O[C@H]2[C@@H](C)[C@H](C)O)[C@@H](O)[C@H]1O)=C1/Cc2cocc2C1=O. The van der Waals surface area contributed by atoms with Gasteiger partial charge in [0.1, 0.15) is 12.4 Å². The molecule has 0 amide bonds. The van der Waals surface area contributed by atoms with Gasteiger partial charge in [0.25, 0.3) is 0 Å². The van der Waals surface area contributed by atoms with Gasteiger partial charge in [-0.05, 0) is 26.7 Å². The lowest BCUT2D eigenvalue weighted by molar-refractivity contribution is -0.165. The molecule has 29 heavy (non-hydrogen) atoms. The number of hydrogen-bond acceptors (Lipinski definition) is 7. The number of epoxide rings is 1. The number of ketones is 1. The molecular formula is C22H30O7. The van der Waals surface area contributed by atoms with Crippen LogP contribution in [0.15, 0.2) is 28.1 Å². The molecule has 0 saturated carbocycles. The fourth-order valence-electron chi connectivity index (χ4n) is 4.57. The molecule has 1 aromatic rings. The number of carbonyl (C=O) groups is 1. The molecule has 7 nitrogen and oxygen atoms in total. The number of rotatable bonds is 6. The van der Waals surface area contributed by atoms with Crippen LogP contribution in [0.4, 0.5) is 0 Å². The fourth-order valence-corrected chi connectivity index (χ4v) is 4.57. The number of furan rings is 1. The first-order chi connectivity index (χ1) is 13.8. The molecule has 0 unspecified atom stereocenters. The smallest absolute Gasteiger partial charge is 0.192 e. The van der Waals surface area contributed by atoms with Crippen LogP contribution in [0.1, 0.15) is 49.5 Å². The molecule has 3 aliphatic rings. The van der Waals surface area contributed by atoms with E-state index in [1.165, 1.54) is 6.26 Å². The quantitative estimate of drug-likeness (QED) is 0.486. The van der Waals surface area contributed by atoms with Gasteiger partial charge in [0.2, 0.25) is 0 Å². The zero-order valence-electron chi connectivity index (χ0n) is 17.1. The maximum absolute atomic E-state index is 12.5. The van der Waals surface area contributed by atoms with Crippen LogP contribution < -0.4 is 0 Å². The van der Waals surface area contributed by atoms with Crippen LogP contribution in [0.2, 0.25) is 0 Å². The van der Waals surface area contributed by atoms with Crippen molar-refractivity contribution in [3.05, 3.63) is 34.8 Å².